The molecule has 2 amide bonds. The van der Waals surface area contributed by atoms with Gasteiger partial charge in [-0.15, -0.1) is 0 Å². The van der Waals surface area contributed by atoms with Gasteiger partial charge in [-0.25, -0.2) is 19.7 Å². The zero-order valence-electron chi connectivity index (χ0n) is 24.2. The lowest BCUT2D eigenvalue weighted by Gasteiger charge is -2.22. The van der Waals surface area contributed by atoms with Gasteiger partial charge >= 0.3 is 6.09 Å². The number of rotatable bonds is 11. The number of aromatic nitrogens is 4. The van der Waals surface area contributed by atoms with Gasteiger partial charge in [-0.3, -0.25) is 4.79 Å². The molecule has 0 fully saturated rings. The van der Waals surface area contributed by atoms with Crippen LogP contribution in [0.25, 0.3) is 11.4 Å². The summed E-state index contributed by atoms with van der Waals surface area (Å²) in [6.07, 6.45) is 3.35. The van der Waals surface area contributed by atoms with Crippen molar-refractivity contribution in [3.05, 3.63) is 90.8 Å². The van der Waals surface area contributed by atoms with Crippen LogP contribution in [-0.2, 0) is 16.0 Å². The second kappa shape index (κ2) is 14.0. The van der Waals surface area contributed by atoms with Crippen molar-refractivity contribution in [2.45, 2.75) is 38.8 Å². The van der Waals surface area contributed by atoms with Crippen LogP contribution >= 0.6 is 0 Å². The van der Waals surface area contributed by atoms with Crippen LogP contribution in [0.4, 0.5) is 22.4 Å². The molecule has 4 aromatic rings. The topological polar surface area (TPSA) is 134 Å². The van der Waals surface area contributed by atoms with Crippen molar-refractivity contribution in [2.24, 2.45) is 0 Å². The Bertz CT molecular complexity index is 1460. The van der Waals surface area contributed by atoms with Gasteiger partial charge in [0.2, 0.25) is 11.9 Å². The van der Waals surface area contributed by atoms with E-state index >= 15 is 0 Å². The Morgan fingerprint density at radius 3 is 2.19 bits per heavy atom. The number of anilines is 3. The molecule has 0 bridgehead atoms. The molecule has 0 aliphatic heterocycles. The highest BCUT2D eigenvalue weighted by Gasteiger charge is 2.18. The van der Waals surface area contributed by atoms with Crippen molar-refractivity contribution >= 4 is 29.6 Å². The summed E-state index contributed by atoms with van der Waals surface area (Å²) in [5.74, 6) is 1.99. The van der Waals surface area contributed by atoms with E-state index in [9.17, 15) is 9.59 Å². The van der Waals surface area contributed by atoms with Crippen LogP contribution in [0.2, 0.25) is 0 Å². The van der Waals surface area contributed by atoms with Crippen LogP contribution in [0, 0.1) is 0 Å². The molecular formula is C31H36N8O3. The lowest BCUT2D eigenvalue weighted by molar-refractivity contribution is -0.120. The molecule has 11 nitrogen and oxygen atoms in total. The summed E-state index contributed by atoms with van der Waals surface area (Å²) in [5, 5.41) is 8.70. The van der Waals surface area contributed by atoms with Gasteiger partial charge in [0, 0.05) is 31.5 Å². The van der Waals surface area contributed by atoms with Gasteiger partial charge in [0.1, 0.15) is 17.2 Å². The van der Waals surface area contributed by atoms with Crippen LogP contribution in [0.1, 0.15) is 26.3 Å². The van der Waals surface area contributed by atoms with Crippen molar-refractivity contribution in [1.29, 1.82) is 0 Å². The fourth-order valence-electron chi connectivity index (χ4n) is 4.01. The quantitative estimate of drug-likeness (QED) is 0.241. The molecule has 42 heavy (non-hydrogen) atoms. The van der Waals surface area contributed by atoms with Gasteiger partial charge in [-0.05, 0) is 44.9 Å². The molecule has 4 rings (SSSR count). The first-order valence-electron chi connectivity index (χ1n) is 13.7. The van der Waals surface area contributed by atoms with E-state index in [0.717, 1.165) is 11.1 Å². The van der Waals surface area contributed by atoms with Crippen LogP contribution in [-0.4, -0.2) is 63.7 Å². The first-order chi connectivity index (χ1) is 20.2. The molecule has 0 unspecified atom stereocenters. The fourth-order valence-corrected chi connectivity index (χ4v) is 4.01. The summed E-state index contributed by atoms with van der Waals surface area (Å²) in [4.78, 5) is 44.5. The predicted molar refractivity (Wildman–Crippen MR) is 162 cm³/mol. The number of hydrogen-bond acceptors (Lipinski definition) is 9. The smallest absolute Gasteiger partial charge is 0.408 e. The molecule has 0 radical (unpaired) electrons. The van der Waals surface area contributed by atoms with E-state index in [1.54, 1.807) is 39.2 Å². The fraction of sp³-hybridized carbons (Fsp3) is 0.290. The molecule has 2 aromatic heterocycles. The van der Waals surface area contributed by atoms with Crippen molar-refractivity contribution in [1.82, 2.24) is 30.6 Å². The Hall–Kier alpha value is -5.06. The Kier molecular flexibility index (Phi) is 9.99. The standard InChI is InChI=1S/C31H36N8O3/c1-31(2,3)42-30(41)35-21-27(40)34-20-24(19-22-11-7-5-8-12-22)36-29-33-18-16-26(38-29)39(4)25-15-17-32-28(37-25)23-13-9-6-10-14-23/h5-18,24H,19-21H2,1-4H3,(H,34,40)(H,35,41)(H,33,36,38)/t24-/m1/s1. The van der Waals surface area contributed by atoms with Crippen molar-refractivity contribution in [2.75, 3.05) is 30.4 Å². The van der Waals surface area contributed by atoms with Gasteiger partial charge in [-0.1, -0.05) is 60.7 Å². The monoisotopic (exact) mass is 568 g/mol. The molecule has 3 N–H and O–H groups in total. The molecule has 1 atom stereocenters. The zero-order valence-corrected chi connectivity index (χ0v) is 24.2. The van der Waals surface area contributed by atoms with Gasteiger partial charge < -0.3 is 25.6 Å². The summed E-state index contributed by atoms with van der Waals surface area (Å²) < 4.78 is 5.19. The Labute approximate surface area is 245 Å². The molecule has 0 saturated carbocycles. The number of carbonyl (C=O) groups excluding carboxylic acids is 2. The number of carbonyl (C=O) groups is 2. The molecule has 0 saturated heterocycles. The van der Waals surface area contributed by atoms with Gasteiger partial charge in [0.05, 0.1) is 12.6 Å². The normalized spacial score (nSPS) is 11.7. The second-order valence-electron chi connectivity index (χ2n) is 10.6. The number of ether oxygens (including phenoxy) is 1. The Morgan fingerprint density at radius 1 is 0.857 bits per heavy atom. The van der Waals surface area contributed by atoms with Crippen molar-refractivity contribution in [3.8, 4) is 11.4 Å². The van der Waals surface area contributed by atoms with E-state index in [4.69, 9.17) is 14.7 Å². The summed E-state index contributed by atoms with van der Waals surface area (Å²) >= 11 is 0. The van der Waals surface area contributed by atoms with Gasteiger partial charge in [-0.2, -0.15) is 4.98 Å². The average Bonchev–Trinajstić information content (AvgIpc) is 2.99. The van der Waals surface area contributed by atoms with Crippen molar-refractivity contribution in [3.63, 3.8) is 0 Å². The summed E-state index contributed by atoms with van der Waals surface area (Å²) in [6.45, 7) is 5.36. The average molecular weight is 569 g/mol. The lowest BCUT2D eigenvalue weighted by Crippen LogP contribution is -2.43. The van der Waals surface area contributed by atoms with Crippen LogP contribution < -0.4 is 20.9 Å². The maximum atomic E-state index is 12.5. The number of alkyl carbamates (subject to hydrolysis) is 1. The molecule has 0 spiro atoms. The summed E-state index contributed by atoms with van der Waals surface area (Å²) in [6, 6.07) is 23.1. The van der Waals surface area contributed by atoms with Gasteiger partial charge in [0.25, 0.3) is 0 Å². The van der Waals surface area contributed by atoms with Crippen molar-refractivity contribution < 1.29 is 14.3 Å². The predicted octanol–water partition coefficient (Wildman–Crippen LogP) is 4.37. The lowest BCUT2D eigenvalue weighted by atomic mass is 10.1. The second-order valence-corrected chi connectivity index (χ2v) is 10.6. The first-order valence-corrected chi connectivity index (χ1v) is 13.7. The number of benzene rings is 2. The molecule has 0 aliphatic rings. The van der Waals surface area contributed by atoms with Crippen LogP contribution in [0.5, 0.6) is 0 Å². The largest absolute Gasteiger partial charge is 0.444 e. The summed E-state index contributed by atoms with van der Waals surface area (Å²) in [5.41, 5.74) is 1.36. The molecule has 2 heterocycles. The van der Waals surface area contributed by atoms with Gasteiger partial charge in [0.15, 0.2) is 5.82 Å². The highest BCUT2D eigenvalue weighted by Crippen LogP contribution is 2.23. The molecule has 218 valence electrons. The third-order valence-electron chi connectivity index (χ3n) is 6.00. The number of amides is 2. The van der Waals surface area contributed by atoms with E-state index in [0.29, 0.717) is 29.8 Å². The molecule has 11 heteroatoms. The highest BCUT2D eigenvalue weighted by molar-refractivity contribution is 5.82. The molecule has 2 aromatic carbocycles. The number of nitrogens with zero attached hydrogens (tertiary/aromatic N) is 5. The first kappa shape index (κ1) is 29.9. The SMILES string of the molecule is CN(c1ccnc(N[C@@H](CNC(=O)CNC(=O)OC(C)(C)C)Cc2ccccc2)n1)c1ccnc(-c2ccccc2)n1. The van der Waals surface area contributed by atoms with E-state index in [-0.39, 0.29) is 25.0 Å². The number of hydrogen-bond donors (Lipinski definition) is 3. The maximum Gasteiger partial charge on any atom is 0.408 e. The minimum Gasteiger partial charge on any atom is -0.444 e. The van der Waals surface area contributed by atoms with E-state index in [2.05, 4.69) is 25.9 Å². The van der Waals surface area contributed by atoms with E-state index in [1.807, 2.05) is 78.7 Å². The third-order valence-corrected chi connectivity index (χ3v) is 6.00. The molecular weight excluding hydrogens is 532 g/mol. The minimum atomic E-state index is -0.648. The Morgan fingerprint density at radius 2 is 1.50 bits per heavy atom. The van der Waals surface area contributed by atoms with E-state index < -0.39 is 11.7 Å². The van der Waals surface area contributed by atoms with Crippen LogP contribution in [0.15, 0.2) is 85.2 Å². The maximum absolute atomic E-state index is 12.5. The minimum absolute atomic E-state index is 0.201. The number of nitrogens with one attached hydrogen (secondary N) is 3. The molecule has 0 aliphatic carbocycles. The zero-order chi connectivity index (χ0) is 30.0. The highest BCUT2D eigenvalue weighted by atomic mass is 16.6. The summed E-state index contributed by atoms with van der Waals surface area (Å²) in [7, 11) is 1.88. The van der Waals surface area contributed by atoms with Crippen LogP contribution in [0.3, 0.4) is 0 Å². The Balaban J connectivity index is 1.43. The third kappa shape index (κ3) is 9.26. The van der Waals surface area contributed by atoms with E-state index in [1.165, 1.54) is 0 Å².